The van der Waals surface area contributed by atoms with Gasteiger partial charge in [0.15, 0.2) is 0 Å². The zero-order chi connectivity index (χ0) is 23.3. The highest BCUT2D eigenvalue weighted by Gasteiger charge is 2.25. The van der Waals surface area contributed by atoms with E-state index in [1.165, 1.54) is 47.6 Å². The third kappa shape index (κ3) is 5.77. The summed E-state index contributed by atoms with van der Waals surface area (Å²) in [7, 11) is 0. The van der Waals surface area contributed by atoms with E-state index in [1.54, 1.807) is 0 Å². The Hall–Kier alpha value is -2.36. The van der Waals surface area contributed by atoms with Gasteiger partial charge < -0.3 is 15.2 Å². The van der Waals surface area contributed by atoms with Crippen molar-refractivity contribution in [3.05, 3.63) is 77.9 Å². The molecule has 1 atom stereocenters. The molecule has 3 aromatic carbocycles. The van der Waals surface area contributed by atoms with Crippen LogP contribution in [0.4, 0.5) is 0 Å². The van der Waals surface area contributed by atoms with Gasteiger partial charge in [0.2, 0.25) is 0 Å². The van der Waals surface area contributed by atoms with Gasteiger partial charge >= 0.3 is 0 Å². The topological polar surface area (TPSA) is 41.5 Å². The van der Waals surface area contributed by atoms with Crippen molar-refractivity contribution in [3.63, 3.8) is 0 Å². The lowest BCUT2D eigenvalue weighted by atomic mass is 9.81. The molecule has 1 aliphatic rings. The maximum Gasteiger partial charge on any atom is 0.119 e. The predicted molar refractivity (Wildman–Crippen MR) is 138 cm³/mol. The van der Waals surface area contributed by atoms with Crippen LogP contribution >= 0.6 is 0 Å². The summed E-state index contributed by atoms with van der Waals surface area (Å²) < 4.78 is 5.87. The Morgan fingerprint density at radius 3 is 2.27 bits per heavy atom. The Balaban J connectivity index is 1.30. The number of benzene rings is 3. The maximum atomic E-state index is 10.4. The van der Waals surface area contributed by atoms with Gasteiger partial charge in [0.25, 0.3) is 0 Å². The molecule has 4 rings (SSSR count). The van der Waals surface area contributed by atoms with Crippen LogP contribution in [0, 0.1) is 0 Å². The normalized spacial score (nSPS) is 20.0. The Kier molecular flexibility index (Phi) is 7.72. The Morgan fingerprint density at radius 2 is 1.58 bits per heavy atom. The average molecular weight is 446 g/mol. The fraction of sp³-hybridized carbons (Fsp3) is 0.467. The molecule has 3 aromatic rings. The molecule has 0 aliphatic heterocycles. The molecule has 1 fully saturated rings. The lowest BCUT2D eigenvalue weighted by Gasteiger charge is -2.32. The number of rotatable bonds is 9. The summed E-state index contributed by atoms with van der Waals surface area (Å²) in [5, 5.41) is 17.0. The Labute approximate surface area is 199 Å². The third-order valence-electron chi connectivity index (χ3n) is 7.68. The van der Waals surface area contributed by atoms with Crippen LogP contribution in [0.15, 0.2) is 66.7 Å². The van der Waals surface area contributed by atoms with Crippen LogP contribution in [0.3, 0.4) is 0 Å². The number of aliphatic hydroxyl groups is 1. The first-order valence-corrected chi connectivity index (χ1v) is 12.7. The van der Waals surface area contributed by atoms with Gasteiger partial charge in [0.05, 0.1) is 5.60 Å². The van der Waals surface area contributed by atoms with E-state index in [0.29, 0.717) is 37.5 Å². The lowest BCUT2D eigenvalue weighted by molar-refractivity contribution is -0.0113. The largest absolute Gasteiger partial charge is 0.491 e. The van der Waals surface area contributed by atoms with Crippen molar-refractivity contribution in [3.8, 4) is 5.75 Å². The fourth-order valence-corrected chi connectivity index (χ4v) is 5.17. The summed E-state index contributed by atoms with van der Waals surface area (Å²) >= 11 is 0. The summed E-state index contributed by atoms with van der Waals surface area (Å²) in [6.07, 6.45) is 6.25. The molecule has 1 unspecified atom stereocenters. The van der Waals surface area contributed by atoms with Crippen molar-refractivity contribution in [1.82, 2.24) is 5.32 Å². The number of ether oxygens (including phenoxy) is 1. The molecule has 0 radical (unpaired) electrons. The van der Waals surface area contributed by atoms with Crippen LogP contribution in [0.25, 0.3) is 10.8 Å². The smallest absolute Gasteiger partial charge is 0.119 e. The molecule has 3 nitrogen and oxygen atoms in total. The van der Waals surface area contributed by atoms with Crippen molar-refractivity contribution in [2.24, 2.45) is 0 Å². The minimum Gasteiger partial charge on any atom is -0.491 e. The molecule has 33 heavy (non-hydrogen) atoms. The average Bonchev–Trinajstić information content (AvgIpc) is 2.87. The van der Waals surface area contributed by atoms with Crippen LogP contribution in [0.1, 0.15) is 82.4 Å². The molecule has 1 saturated carbocycles. The quantitative estimate of drug-likeness (QED) is 0.367. The van der Waals surface area contributed by atoms with Gasteiger partial charge in [-0.05, 0) is 85.4 Å². The molecule has 0 spiro atoms. The highest BCUT2D eigenvalue weighted by molar-refractivity contribution is 5.86. The number of fused-ring (bicyclic) bond motifs is 1. The summed E-state index contributed by atoms with van der Waals surface area (Å²) in [6.45, 7) is 6.66. The second-order valence-electron chi connectivity index (χ2n) is 9.79. The van der Waals surface area contributed by atoms with Gasteiger partial charge in [-0.15, -0.1) is 0 Å². The van der Waals surface area contributed by atoms with Crippen LogP contribution < -0.4 is 10.1 Å². The van der Waals surface area contributed by atoms with E-state index in [9.17, 15) is 5.11 Å². The first-order valence-electron chi connectivity index (χ1n) is 12.7. The first-order chi connectivity index (χ1) is 16.0. The van der Waals surface area contributed by atoms with Gasteiger partial charge in [-0.2, -0.15) is 0 Å². The second-order valence-corrected chi connectivity index (χ2v) is 9.79. The molecule has 0 saturated heterocycles. The predicted octanol–water partition coefficient (Wildman–Crippen LogP) is 7.15. The van der Waals surface area contributed by atoms with Gasteiger partial charge in [-0.1, -0.05) is 68.4 Å². The van der Waals surface area contributed by atoms with Crippen LogP contribution in [-0.4, -0.2) is 23.4 Å². The van der Waals surface area contributed by atoms with Gasteiger partial charge in [0.1, 0.15) is 12.4 Å². The van der Waals surface area contributed by atoms with E-state index in [-0.39, 0.29) is 0 Å². The highest BCUT2D eigenvalue weighted by Crippen LogP contribution is 2.35. The molecule has 0 bridgehead atoms. The Bertz CT molecular complexity index is 1010. The first kappa shape index (κ1) is 23.8. The van der Waals surface area contributed by atoms with Crippen molar-refractivity contribution in [2.45, 2.75) is 82.9 Å². The second kappa shape index (κ2) is 10.7. The summed E-state index contributed by atoms with van der Waals surface area (Å²) in [5.74, 6) is 1.46. The fourth-order valence-electron chi connectivity index (χ4n) is 5.17. The summed E-state index contributed by atoms with van der Waals surface area (Å²) in [4.78, 5) is 0. The summed E-state index contributed by atoms with van der Waals surface area (Å²) in [6, 6.07) is 24.8. The molecule has 2 N–H and O–H groups in total. The van der Waals surface area contributed by atoms with E-state index in [4.69, 9.17) is 4.74 Å². The van der Waals surface area contributed by atoms with Crippen molar-refractivity contribution >= 4 is 10.8 Å². The summed E-state index contributed by atoms with van der Waals surface area (Å²) in [5.41, 5.74) is 2.07. The Morgan fingerprint density at radius 1 is 0.909 bits per heavy atom. The molecule has 3 heteroatoms. The van der Waals surface area contributed by atoms with Gasteiger partial charge in [-0.3, -0.25) is 0 Å². The lowest BCUT2D eigenvalue weighted by Crippen LogP contribution is -2.34. The van der Waals surface area contributed by atoms with E-state index in [2.05, 4.69) is 79.0 Å². The van der Waals surface area contributed by atoms with E-state index in [0.717, 1.165) is 5.75 Å². The molecular formula is C30H39NO2. The number of hydrogen-bond acceptors (Lipinski definition) is 3. The minimum atomic E-state index is -0.729. The molecule has 0 amide bonds. The monoisotopic (exact) mass is 445 g/mol. The molecule has 176 valence electrons. The zero-order valence-corrected chi connectivity index (χ0v) is 20.4. The van der Waals surface area contributed by atoms with Crippen molar-refractivity contribution in [1.29, 1.82) is 0 Å². The van der Waals surface area contributed by atoms with Crippen LogP contribution in [0.5, 0.6) is 5.75 Å². The minimum absolute atomic E-state index is 0.346. The molecule has 0 aromatic heterocycles. The maximum absolute atomic E-state index is 10.4. The van der Waals surface area contributed by atoms with Gasteiger partial charge in [-0.25, -0.2) is 0 Å². The zero-order valence-electron chi connectivity index (χ0n) is 20.4. The SMILES string of the molecule is CCC(O)(CC)COc1ccc(C2CCC(NC(C)c3cccc4ccccc34)CC2)cc1. The number of nitrogens with one attached hydrogen (secondary N) is 1. The standard InChI is InChI=1S/C30H39NO2/c1-4-30(32,5-2)21-33-27-19-15-24(16-20-27)23-13-17-26(18-14-23)31-22(3)28-12-8-10-25-9-6-7-11-29(25)28/h6-12,15-16,19-20,22-23,26,31-32H,4-5,13-14,17-18,21H2,1-3H3. The molecule has 0 heterocycles. The van der Waals surface area contributed by atoms with Crippen LogP contribution in [-0.2, 0) is 0 Å². The molecular weight excluding hydrogens is 406 g/mol. The molecule has 1 aliphatic carbocycles. The van der Waals surface area contributed by atoms with Crippen molar-refractivity contribution < 1.29 is 9.84 Å². The van der Waals surface area contributed by atoms with Crippen molar-refractivity contribution in [2.75, 3.05) is 6.61 Å². The highest BCUT2D eigenvalue weighted by atomic mass is 16.5. The van der Waals surface area contributed by atoms with E-state index in [1.807, 2.05) is 13.8 Å². The van der Waals surface area contributed by atoms with Gasteiger partial charge in [0, 0.05) is 12.1 Å². The van der Waals surface area contributed by atoms with E-state index < -0.39 is 5.60 Å². The number of hydrogen-bond donors (Lipinski definition) is 2. The third-order valence-corrected chi connectivity index (χ3v) is 7.68. The van der Waals surface area contributed by atoms with E-state index >= 15 is 0 Å². The van der Waals surface area contributed by atoms with Crippen LogP contribution in [0.2, 0.25) is 0 Å².